The number of carbonyl (C=O) groups is 2. The van der Waals surface area contributed by atoms with Gasteiger partial charge in [0.1, 0.15) is 12.3 Å². The van der Waals surface area contributed by atoms with Gasteiger partial charge in [-0.1, -0.05) is 19.1 Å². The second kappa shape index (κ2) is 8.64. The summed E-state index contributed by atoms with van der Waals surface area (Å²) in [6, 6.07) is 12.4. The van der Waals surface area contributed by atoms with Crippen LogP contribution in [0.3, 0.4) is 0 Å². The van der Waals surface area contributed by atoms with E-state index in [-0.39, 0.29) is 24.0 Å². The van der Waals surface area contributed by atoms with Crippen molar-refractivity contribution in [2.45, 2.75) is 33.4 Å². The van der Waals surface area contributed by atoms with Gasteiger partial charge in [0.25, 0.3) is 0 Å². The predicted molar refractivity (Wildman–Crippen MR) is 112 cm³/mol. The molecular formula is C21H24N4O4. The summed E-state index contributed by atoms with van der Waals surface area (Å²) in [4.78, 5) is 36.9. The van der Waals surface area contributed by atoms with Crippen LogP contribution in [0.25, 0.3) is 11.0 Å². The van der Waals surface area contributed by atoms with Gasteiger partial charge in [-0.05, 0) is 36.8 Å². The summed E-state index contributed by atoms with van der Waals surface area (Å²) in [5.74, 6) is -0.138. The van der Waals surface area contributed by atoms with Crippen molar-refractivity contribution < 1.29 is 14.3 Å². The van der Waals surface area contributed by atoms with Gasteiger partial charge >= 0.3 is 5.69 Å². The smallest absolute Gasteiger partial charge is 0.329 e. The zero-order valence-corrected chi connectivity index (χ0v) is 16.7. The Kier molecular flexibility index (Phi) is 6.01. The number of ether oxygens (including phenoxy) is 1. The van der Waals surface area contributed by atoms with Crippen molar-refractivity contribution in [3.63, 3.8) is 0 Å². The maximum Gasteiger partial charge on any atom is 0.329 e. The minimum absolute atomic E-state index is 0.135. The van der Waals surface area contributed by atoms with Crippen molar-refractivity contribution in [3.05, 3.63) is 52.9 Å². The Morgan fingerprint density at radius 3 is 2.34 bits per heavy atom. The van der Waals surface area contributed by atoms with E-state index in [1.807, 2.05) is 31.2 Å². The molecule has 0 bridgehead atoms. The molecule has 8 nitrogen and oxygen atoms in total. The third-order valence-electron chi connectivity index (χ3n) is 4.47. The molecule has 0 unspecified atom stereocenters. The number of nitrogens with one attached hydrogen (secondary N) is 2. The molecule has 0 aliphatic carbocycles. The molecule has 0 atom stereocenters. The highest BCUT2D eigenvalue weighted by Crippen LogP contribution is 2.28. The first-order valence-corrected chi connectivity index (χ1v) is 9.38. The average molecular weight is 396 g/mol. The monoisotopic (exact) mass is 396 g/mol. The van der Waals surface area contributed by atoms with E-state index >= 15 is 0 Å². The first-order valence-electron chi connectivity index (χ1n) is 9.38. The van der Waals surface area contributed by atoms with E-state index < -0.39 is 0 Å². The van der Waals surface area contributed by atoms with Crippen LogP contribution >= 0.6 is 0 Å². The molecule has 29 heavy (non-hydrogen) atoms. The number of hydrogen-bond acceptors (Lipinski definition) is 4. The Morgan fingerprint density at radius 1 is 1.03 bits per heavy atom. The minimum Gasteiger partial charge on any atom is -0.495 e. The van der Waals surface area contributed by atoms with Gasteiger partial charge in [-0.2, -0.15) is 0 Å². The highest BCUT2D eigenvalue weighted by Gasteiger charge is 2.16. The molecular weight excluding hydrogens is 372 g/mol. The highest BCUT2D eigenvalue weighted by atomic mass is 16.5. The Labute approximate surface area is 168 Å². The Bertz CT molecular complexity index is 1110. The second-order valence-corrected chi connectivity index (χ2v) is 6.65. The summed E-state index contributed by atoms with van der Waals surface area (Å²) in [5, 5.41) is 5.44. The number of methoxy groups -OCH3 is 1. The number of para-hydroxylation sites is 2. The van der Waals surface area contributed by atoms with Crippen LogP contribution in [0.5, 0.6) is 5.75 Å². The lowest BCUT2D eigenvalue weighted by Gasteiger charge is -2.12. The fraction of sp³-hybridized carbons (Fsp3) is 0.286. The lowest BCUT2D eigenvalue weighted by atomic mass is 10.2. The number of imidazole rings is 1. The lowest BCUT2D eigenvalue weighted by Crippen LogP contribution is -2.29. The Balaban J connectivity index is 1.89. The number of carbonyl (C=O) groups excluding carboxylic acids is 2. The summed E-state index contributed by atoms with van der Waals surface area (Å²) >= 11 is 0. The summed E-state index contributed by atoms with van der Waals surface area (Å²) < 4.78 is 8.43. The molecule has 0 saturated heterocycles. The van der Waals surface area contributed by atoms with Crippen molar-refractivity contribution in [3.8, 4) is 5.75 Å². The van der Waals surface area contributed by atoms with Crippen LogP contribution in [0, 0.1) is 0 Å². The number of benzene rings is 2. The molecule has 3 rings (SSSR count). The van der Waals surface area contributed by atoms with Gasteiger partial charge in [0.05, 0.1) is 23.8 Å². The quantitative estimate of drug-likeness (QED) is 0.642. The maximum atomic E-state index is 12.8. The van der Waals surface area contributed by atoms with Gasteiger partial charge < -0.3 is 15.4 Å². The third-order valence-corrected chi connectivity index (χ3v) is 4.47. The van der Waals surface area contributed by atoms with Gasteiger partial charge in [0.15, 0.2) is 0 Å². The maximum absolute atomic E-state index is 12.8. The van der Waals surface area contributed by atoms with Crippen molar-refractivity contribution in [1.29, 1.82) is 0 Å². The topological polar surface area (TPSA) is 94.4 Å². The van der Waals surface area contributed by atoms with Crippen molar-refractivity contribution >= 4 is 34.2 Å². The molecule has 2 amide bonds. The van der Waals surface area contributed by atoms with Crippen molar-refractivity contribution in [2.24, 2.45) is 0 Å². The number of anilines is 2. The number of hydrogen-bond donors (Lipinski definition) is 2. The van der Waals surface area contributed by atoms with Gasteiger partial charge in [-0.15, -0.1) is 0 Å². The molecule has 3 aromatic rings. The van der Waals surface area contributed by atoms with Crippen LogP contribution in [0.2, 0.25) is 0 Å². The van der Waals surface area contributed by atoms with E-state index in [9.17, 15) is 14.4 Å². The SMILES string of the molecule is CCCn1c(=O)n(CC(=O)Nc2cc(NC(C)=O)ccc2OC)c2ccccc21. The molecule has 8 heteroatoms. The molecule has 1 aromatic heterocycles. The van der Waals surface area contributed by atoms with E-state index in [2.05, 4.69) is 10.6 Å². The first kappa shape index (κ1) is 20.2. The standard InChI is InChI=1S/C21H24N4O4/c1-4-11-24-17-7-5-6-8-18(17)25(21(24)28)13-20(27)23-16-12-15(22-14(2)26)9-10-19(16)29-3/h5-10,12H,4,11,13H2,1-3H3,(H,22,26)(H,23,27). The van der Waals surface area contributed by atoms with Crippen LogP contribution < -0.4 is 21.1 Å². The van der Waals surface area contributed by atoms with E-state index in [1.54, 1.807) is 22.8 Å². The largest absolute Gasteiger partial charge is 0.495 e. The average Bonchev–Trinajstić information content (AvgIpc) is 2.94. The number of fused-ring (bicyclic) bond motifs is 1. The zero-order valence-electron chi connectivity index (χ0n) is 16.7. The van der Waals surface area contributed by atoms with Gasteiger partial charge in [0, 0.05) is 19.2 Å². The summed E-state index contributed by atoms with van der Waals surface area (Å²) in [5.41, 5.74) is 2.24. The first-order chi connectivity index (χ1) is 13.9. The van der Waals surface area contributed by atoms with E-state index in [0.29, 0.717) is 29.2 Å². The predicted octanol–water partition coefficient (Wildman–Crippen LogP) is 2.82. The fourth-order valence-corrected chi connectivity index (χ4v) is 3.28. The van der Waals surface area contributed by atoms with Crippen LogP contribution in [-0.2, 0) is 22.7 Å². The molecule has 2 N–H and O–H groups in total. The number of amides is 2. The third kappa shape index (κ3) is 4.31. The number of aryl methyl sites for hydroxylation is 1. The second-order valence-electron chi connectivity index (χ2n) is 6.65. The molecule has 0 saturated carbocycles. The lowest BCUT2D eigenvalue weighted by molar-refractivity contribution is -0.117. The summed E-state index contributed by atoms with van der Waals surface area (Å²) in [6.45, 7) is 3.85. The normalized spacial score (nSPS) is 10.7. The van der Waals surface area contributed by atoms with E-state index in [4.69, 9.17) is 4.74 Å². The molecule has 152 valence electrons. The molecule has 0 aliphatic heterocycles. The highest BCUT2D eigenvalue weighted by molar-refractivity contribution is 5.95. The van der Waals surface area contributed by atoms with Crippen LogP contribution in [0.15, 0.2) is 47.3 Å². The summed E-state index contributed by atoms with van der Waals surface area (Å²) in [6.07, 6.45) is 0.813. The molecule has 0 aliphatic rings. The minimum atomic E-state index is -0.371. The number of nitrogens with zero attached hydrogens (tertiary/aromatic N) is 2. The molecule has 0 radical (unpaired) electrons. The van der Waals surface area contributed by atoms with Crippen LogP contribution in [-0.4, -0.2) is 28.1 Å². The molecule has 0 spiro atoms. The Hall–Kier alpha value is -3.55. The summed E-state index contributed by atoms with van der Waals surface area (Å²) in [7, 11) is 1.49. The Morgan fingerprint density at radius 2 is 1.72 bits per heavy atom. The fourth-order valence-electron chi connectivity index (χ4n) is 3.28. The number of aromatic nitrogens is 2. The molecule has 0 fully saturated rings. The van der Waals surface area contributed by atoms with Gasteiger partial charge in [-0.25, -0.2) is 4.79 Å². The van der Waals surface area contributed by atoms with Crippen LogP contribution in [0.4, 0.5) is 11.4 Å². The van der Waals surface area contributed by atoms with Crippen molar-refractivity contribution in [1.82, 2.24) is 9.13 Å². The van der Waals surface area contributed by atoms with Gasteiger partial charge in [0.2, 0.25) is 11.8 Å². The zero-order chi connectivity index (χ0) is 21.0. The van der Waals surface area contributed by atoms with E-state index in [1.165, 1.54) is 18.6 Å². The molecule has 2 aromatic carbocycles. The van der Waals surface area contributed by atoms with Gasteiger partial charge in [-0.3, -0.25) is 18.7 Å². The van der Waals surface area contributed by atoms with E-state index in [0.717, 1.165) is 11.9 Å². The van der Waals surface area contributed by atoms with Crippen molar-refractivity contribution in [2.75, 3.05) is 17.7 Å². The number of rotatable bonds is 7. The molecule has 1 heterocycles. The van der Waals surface area contributed by atoms with Crippen LogP contribution in [0.1, 0.15) is 20.3 Å².